The van der Waals surface area contributed by atoms with Crippen LogP contribution in [0.4, 0.5) is 0 Å². The van der Waals surface area contributed by atoms with Crippen LogP contribution in [-0.4, -0.2) is 19.5 Å². The van der Waals surface area contributed by atoms with Crippen molar-refractivity contribution in [3.8, 4) is 22.8 Å². The van der Waals surface area contributed by atoms with Gasteiger partial charge in [0.25, 0.3) is 0 Å². The van der Waals surface area contributed by atoms with Crippen molar-refractivity contribution in [2.75, 3.05) is 0 Å². The predicted octanol–water partition coefficient (Wildman–Crippen LogP) is 9.97. The van der Waals surface area contributed by atoms with Gasteiger partial charge in [-0.05, 0) is 37.6 Å². The fourth-order valence-corrected chi connectivity index (χ4v) is 6.84. The van der Waals surface area contributed by atoms with E-state index >= 15 is 0 Å². The lowest BCUT2D eigenvalue weighted by molar-refractivity contribution is 0.439. The average Bonchev–Trinajstić information content (AvgIpc) is 3.63. The van der Waals surface area contributed by atoms with E-state index in [1.54, 1.807) is 0 Å². The molecule has 1 aliphatic rings. The van der Waals surface area contributed by atoms with Crippen molar-refractivity contribution in [2.45, 2.75) is 18.9 Å². The lowest BCUT2D eigenvalue weighted by Crippen LogP contribution is -2.29. The van der Waals surface area contributed by atoms with Crippen LogP contribution in [-0.2, 0) is 5.54 Å². The molecule has 45 heavy (non-hydrogen) atoms. The van der Waals surface area contributed by atoms with Crippen LogP contribution in [0.3, 0.4) is 0 Å². The molecule has 0 saturated carbocycles. The lowest BCUT2D eigenvalue weighted by atomic mass is 9.88. The van der Waals surface area contributed by atoms with Crippen molar-refractivity contribution in [3.63, 3.8) is 0 Å². The van der Waals surface area contributed by atoms with Crippen LogP contribution in [0, 0.1) is 0 Å². The molecule has 0 saturated heterocycles. The second-order valence-corrected chi connectivity index (χ2v) is 11.9. The van der Waals surface area contributed by atoms with Gasteiger partial charge in [-0.1, -0.05) is 109 Å². The second-order valence-electron chi connectivity index (χ2n) is 11.9. The number of para-hydroxylation sites is 2. The Morgan fingerprint density at radius 3 is 1.93 bits per heavy atom. The Balaban J connectivity index is 1.26. The number of aromatic nitrogens is 4. The van der Waals surface area contributed by atoms with Gasteiger partial charge in [0, 0.05) is 49.8 Å². The SMILES string of the molecule is CC1(n2c3ccccc3c3cc4c(cc32)oc2ccccc24)C=C(c2nc(-c3ccccc3)nc(-c3ccccc3)n2)C=CC1. The van der Waals surface area contributed by atoms with Crippen LogP contribution < -0.4 is 0 Å². The number of nitrogens with zero attached hydrogens (tertiary/aromatic N) is 4. The van der Waals surface area contributed by atoms with Gasteiger partial charge in [0.15, 0.2) is 17.5 Å². The normalized spacial score (nSPS) is 16.6. The Bertz CT molecular complexity index is 2410. The van der Waals surface area contributed by atoms with Crippen molar-refractivity contribution in [1.29, 1.82) is 0 Å². The third-order valence-corrected chi connectivity index (χ3v) is 8.93. The number of allylic oxidation sites excluding steroid dienone is 4. The first-order chi connectivity index (χ1) is 22.1. The van der Waals surface area contributed by atoms with E-state index in [0.717, 1.165) is 50.6 Å². The van der Waals surface area contributed by atoms with Gasteiger partial charge in [-0.2, -0.15) is 0 Å². The van der Waals surface area contributed by atoms with Gasteiger partial charge in [-0.3, -0.25) is 0 Å². The van der Waals surface area contributed by atoms with E-state index in [-0.39, 0.29) is 0 Å². The number of rotatable bonds is 4. The first-order valence-electron chi connectivity index (χ1n) is 15.3. The predicted molar refractivity (Wildman–Crippen MR) is 183 cm³/mol. The highest BCUT2D eigenvalue weighted by atomic mass is 16.3. The summed E-state index contributed by atoms with van der Waals surface area (Å²) in [6.07, 6.45) is 7.53. The summed E-state index contributed by atoms with van der Waals surface area (Å²) in [6, 6.07) is 41.7. The summed E-state index contributed by atoms with van der Waals surface area (Å²) in [7, 11) is 0. The minimum absolute atomic E-state index is 0.391. The first-order valence-corrected chi connectivity index (χ1v) is 15.3. The van der Waals surface area contributed by atoms with Gasteiger partial charge in [-0.25, -0.2) is 15.0 Å². The Hall–Kier alpha value is -5.81. The van der Waals surface area contributed by atoms with E-state index in [9.17, 15) is 0 Å². The summed E-state index contributed by atoms with van der Waals surface area (Å²) in [6.45, 7) is 2.29. The van der Waals surface area contributed by atoms with Crippen molar-refractivity contribution < 1.29 is 4.42 Å². The van der Waals surface area contributed by atoms with Gasteiger partial charge in [0.05, 0.1) is 11.1 Å². The highest BCUT2D eigenvalue weighted by Gasteiger charge is 2.31. The van der Waals surface area contributed by atoms with E-state index in [1.807, 2.05) is 72.8 Å². The minimum Gasteiger partial charge on any atom is -0.456 e. The zero-order chi connectivity index (χ0) is 30.0. The fourth-order valence-electron chi connectivity index (χ4n) is 6.84. The van der Waals surface area contributed by atoms with Gasteiger partial charge >= 0.3 is 0 Å². The maximum atomic E-state index is 6.36. The third-order valence-electron chi connectivity index (χ3n) is 8.93. The fraction of sp³-hybridized carbons (Fsp3) is 0.0750. The summed E-state index contributed by atoms with van der Waals surface area (Å²) in [5.74, 6) is 1.97. The molecule has 5 heteroatoms. The summed E-state index contributed by atoms with van der Waals surface area (Å²) >= 11 is 0. The lowest BCUT2D eigenvalue weighted by Gasteiger charge is -2.32. The smallest absolute Gasteiger partial charge is 0.164 e. The number of benzene rings is 5. The van der Waals surface area contributed by atoms with Crippen LogP contribution in [0.2, 0.25) is 0 Å². The molecule has 3 heterocycles. The number of hydrogen-bond donors (Lipinski definition) is 0. The van der Waals surface area contributed by atoms with Gasteiger partial charge in [0.2, 0.25) is 0 Å². The summed E-state index contributed by atoms with van der Waals surface area (Å²) in [5, 5.41) is 4.72. The molecule has 0 fully saturated rings. The van der Waals surface area contributed by atoms with Gasteiger partial charge < -0.3 is 8.98 Å². The maximum Gasteiger partial charge on any atom is 0.164 e. The molecule has 8 aromatic rings. The van der Waals surface area contributed by atoms with E-state index in [2.05, 4.69) is 78.2 Å². The van der Waals surface area contributed by atoms with E-state index < -0.39 is 5.54 Å². The topological polar surface area (TPSA) is 56.7 Å². The molecular weight excluding hydrogens is 552 g/mol. The molecule has 0 bridgehead atoms. The first kappa shape index (κ1) is 25.7. The Morgan fingerprint density at radius 2 is 1.20 bits per heavy atom. The van der Waals surface area contributed by atoms with Crippen molar-refractivity contribution in [1.82, 2.24) is 19.5 Å². The van der Waals surface area contributed by atoms with E-state index in [4.69, 9.17) is 19.4 Å². The Kier molecular flexibility index (Phi) is 5.62. The zero-order valence-corrected chi connectivity index (χ0v) is 24.7. The molecule has 0 radical (unpaired) electrons. The van der Waals surface area contributed by atoms with E-state index in [0.29, 0.717) is 17.5 Å². The van der Waals surface area contributed by atoms with Crippen LogP contribution in [0.25, 0.3) is 72.1 Å². The van der Waals surface area contributed by atoms with Gasteiger partial charge in [-0.15, -0.1) is 0 Å². The molecule has 0 spiro atoms. The Labute approximate surface area is 259 Å². The summed E-state index contributed by atoms with van der Waals surface area (Å²) in [5.41, 5.74) is 6.61. The van der Waals surface area contributed by atoms with Crippen LogP contribution >= 0.6 is 0 Å². The van der Waals surface area contributed by atoms with E-state index in [1.165, 1.54) is 16.3 Å². The van der Waals surface area contributed by atoms with Crippen LogP contribution in [0.1, 0.15) is 19.2 Å². The molecule has 9 rings (SSSR count). The molecule has 1 aliphatic carbocycles. The largest absolute Gasteiger partial charge is 0.456 e. The Morgan fingerprint density at radius 1 is 0.578 bits per heavy atom. The molecule has 214 valence electrons. The maximum absolute atomic E-state index is 6.36. The molecule has 0 aliphatic heterocycles. The molecule has 5 aromatic carbocycles. The van der Waals surface area contributed by atoms with Gasteiger partial charge in [0.1, 0.15) is 11.2 Å². The summed E-state index contributed by atoms with van der Waals surface area (Å²) in [4.78, 5) is 14.9. The second kappa shape index (κ2) is 9.86. The molecule has 0 N–H and O–H groups in total. The van der Waals surface area contributed by atoms with Crippen molar-refractivity contribution >= 4 is 49.3 Å². The standard InChI is InChI=1S/C40H28N4O/c1-40(44-33-20-10-8-18-29(33)31-23-32-30-19-9-11-21-35(30)45-36(32)24-34(31)44)22-12-17-28(25-40)39-42-37(26-13-4-2-5-14-26)41-38(43-39)27-15-6-3-7-16-27/h2-21,23-25H,22H2,1H3. The quantitative estimate of drug-likeness (QED) is 0.208. The molecule has 1 atom stereocenters. The van der Waals surface area contributed by atoms with Crippen LogP contribution in [0.15, 0.2) is 144 Å². The monoisotopic (exact) mass is 580 g/mol. The van der Waals surface area contributed by atoms with Crippen molar-refractivity contribution in [2.24, 2.45) is 0 Å². The molecule has 0 amide bonds. The van der Waals surface area contributed by atoms with Crippen molar-refractivity contribution in [3.05, 3.63) is 145 Å². The third kappa shape index (κ3) is 4.12. The molecule has 1 unspecified atom stereocenters. The zero-order valence-electron chi connectivity index (χ0n) is 24.7. The molecule has 3 aromatic heterocycles. The minimum atomic E-state index is -0.391. The highest BCUT2D eigenvalue weighted by Crippen LogP contribution is 2.42. The number of furan rings is 1. The number of hydrogen-bond acceptors (Lipinski definition) is 4. The highest BCUT2D eigenvalue weighted by molar-refractivity contribution is 6.16. The molecular formula is C40H28N4O. The molecule has 5 nitrogen and oxygen atoms in total. The average molecular weight is 581 g/mol. The summed E-state index contributed by atoms with van der Waals surface area (Å²) < 4.78 is 8.83. The number of fused-ring (bicyclic) bond motifs is 6. The van der Waals surface area contributed by atoms with Crippen LogP contribution in [0.5, 0.6) is 0 Å².